The fourth-order valence-corrected chi connectivity index (χ4v) is 6.94. The highest BCUT2D eigenvalue weighted by atomic mass is 15.0. The Labute approximate surface area is 287 Å². The molecule has 0 bridgehead atoms. The van der Waals surface area contributed by atoms with Crippen LogP contribution in [-0.4, -0.2) is 4.57 Å². The molecule has 0 aliphatic rings. The second-order valence-electron chi connectivity index (χ2n) is 12.3. The van der Waals surface area contributed by atoms with E-state index in [2.05, 4.69) is 199 Å². The average molecular weight is 629 g/mol. The number of hydrogen-bond acceptors (Lipinski definition) is 1. The van der Waals surface area contributed by atoms with Crippen molar-refractivity contribution in [1.82, 2.24) is 4.57 Å². The molecule has 2 nitrogen and oxygen atoms in total. The first-order valence-corrected chi connectivity index (χ1v) is 16.8. The fourth-order valence-electron chi connectivity index (χ4n) is 6.94. The predicted octanol–water partition coefficient (Wildman–Crippen LogP) is 13.2. The minimum absolute atomic E-state index is 1.04. The lowest BCUT2D eigenvalue weighted by Gasteiger charge is -2.16. The minimum atomic E-state index is 1.04. The zero-order valence-electron chi connectivity index (χ0n) is 27.5. The summed E-state index contributed by atoms with van der Waals surface area (Å²) in [5.74, 6) is 0. The summed E-state index contributed by atoms with van der Waals surface area (Å²) in [5, 5.41) is 6.24. The van der Waals surface area contributed by atoms with Gasteiger partial charge in [-0.2, -0.15) is 0 Å². The zero-order chi connectivity index (χ0) is 33.2. The third-order valence-electron chi connectivity index (χ3n) is 9.30. The molecule has 1 N–H and O–H groups in total. The first kappa shape index (κ1) is 30.0. The van der Waals surface area contributed by atoms with Crippen molar-refractivity contribution in [2.24, 2.45) is 0 Å². The first-order valence-electron chi connectivity index (χ1n) is 16.8. The molecular formula is C47H36N2. The number of allylic oxidation sites excluding steroid dienone is 1. The molecule has 2 heteroatoms. The van der Waals surface area contributed by atoms with Gasteiger partial charge in [-0.3, -0.25) is 0 Å². The number of rotatable bonds is 8. The van der Waals surface area contributed by atoms with Gasteiger partial charge in [0.25, 0.3) is 0 Å². The van der Waals surface area contributed by atoms with Gasteiger partial charge in [0.2, 0.25) is 0 Å². The molecule has 0 amide bonds. The first-order chi connectivity index (χ1) is 24.2. The van der Waals surface area contributed by atoms with Gasteiger partial charge in [-0.25, -0.2) is 0 Å². The Balaban J connectivity index is 1.27. The van der Waals surface area contributed by atoms with Crippen LogP contribution in [0.25, 0.3) is 73.0 Å². The Morgan fingerprint density at radius 3 is 1.88 bits per heavy atom. The van der Waals surface area contributed by atoms with Crippen LogP contribution in [0.1, 0.15) is 18.1 Å². The molecule has 0 saturated heterocycles. The lowest BCUT2D eigenvalue weighted by molar-refractivity contribution is 1.18. The second-order valence-corrected chi connectivity index (χ2v) is 12.3. The van der Waals surface area contributed by atoms with E-state index in [-0.39, 0.29) is 0 Å². The van der Waals surface area contributed by atoms with Gasteiger partial charge in [0.15, 0.2) is 0 Å². The molecule has 0 spiro atoms. The van der Waals surface area contributed by atoms with E-state index in [1.54, 1.807) is 0 Å². The van der Waals surface area contributed by atoms with Gasteiger partial charge in [-0.1, -0.05) is 146 Å². The van der Waals surface area contributed by atoms with Crippen molar-refractivity contribution < 1.29 is 0 Å². The van der Waals surface area contributed by atoms with Gasteiger partial charge in [0.1, 0.15) is 0 Å². The van der Waals surface area contributed by atoms with Crippen molar-refractivity contribution >= 4 is 45.3 Å². The van der Waals surface area contributed by atoms with E-state index in [0.29, 0.717) is 0 Å². The van der Waals surface area contributed by atoms with E-state index < -0.39 is 0 Å². The summed E-state index contributed by atoms with van der Waals surface area (Å²) in [6.07, 6.45) is 6.19. The zero-order valence-corrected chi connectivity index (χ0v) is 27.5. The number of anilines is 2. The number of benzene rings is 7. The summed E-state index contributed by atoms with van der Waals surface area (Å²) in [6.45, 7) is 6.10. The molecule has 0 fully saturated rings. The van der Waals surface area contributed by atoms with Gasteiger partial charge in [-0.05, 0) is 88.3 Å². The molecule has 234 valence electrons. The van der Waals surface area contributed by atoms with E-state index in [9.17, 15) is 0 Å². The predicted molar refractivity (Wildman–Crippen MR) is 212 cm³/mol. The van der Waals surface area contributed by atoms with Crippen LogP contribution < -0.4 is 5.32 Å². The highest BCUT2D eigenvalue weighted by molar-refractivity contribution is 6.12. The molecule has 1 heterocycles. The number of fused-ring (bicyclic) bond motifs is 3. The Bertz CT molecular complexity index is 2450. The quantitative estimate of drug-likeness (QED) is 0.177. The maximum Gasteiger partial charge on any atom is 0.0562 e. The van der Waals surface area contributed by atoms with Crippen LogP contribution in [0.5, 0.6) is 0 Å². The van der Waals surface area contributed by atoms with Crippen LogP contribution in [0.4, 0.5) is 11.4 Å². The van der Waals surface area contributed by atoms with Gasteiger partial charge >= 0.3 is 0 Å². The molecule has 0 aliphatic carbocycles. The van der Waals surface area contributed by atoms with Crippen molar-refractivity contribution in [2.45, 2.75) is 6.92 Å². The van der Waals surface area contributed by atoms with Crippen molar-refractivity contribution in [3.05, 3.63) is 188 Å². The molecular weight excluding hydrogens is 593 g/mol. The van der Waals surface area contributed by atoms with Crippen molar-refractivity contribution in [3.63, 3.8) is 0 Å². The molecule has 8 aromatic rings. The number of aromatic nitrogens is 1. The normalized spacial score (nSPS) is 11.4. The molecule has 7 aromatic carbocycles. The highest BCUT2D eigenvalue weighted by Gasteiger charge is 2.17. The van der Waals surface area contributed by atoms with E-state index in [1.807, 2.05) is 6.08 Å². The van der Waals surface area contributed by atoms with Gasteiger partial charge in [-0.15, -0.1) is 0 Å². The van der Waals surface area contributed by atoms with Crippen LogP contribution in [0, 0.1) is 0 Å². The van der Waals surface area contributed by atoms with Crippen molar-refractivity contribution in [2.75, 3.05) is 5.32 Å². The van der Waals surface area contributed by atoms with Crippen LogP contribution in [-0.2, 0) is 0 Å². The second kappa shape index (κ2) is 13.0. The smallest absolute Gasteiger partial charge is 0.0562 e. The van der Waals surface area contributed by atoms with Gasteiger partial charge in [0.05, 0.1) is 11.0 Å². The standard InChI is InChI=1S/C47H36N2/c1-3-14-40-33(4-2)19-13-21-41(40)37-25-29-39(30-26-37)49-46-22-12-11-20-42(46)44-31-43(36-17-9-6-10-18-36)45(32-47(44)49)48-38-27-23-35(24-28-38)34-15-7-5-8-16-34/h3-32,48H,2H2,1H3/b14-3-. The van der Waals surface area contributed by atoms with Gasteiger partial charge < -0.3 is 9.88 Å². The molecule has 0 radical (unpaired) electrons. The Morgan fingerprint density at radius 2 is 1.16 bits per heavy atom. The number of nitrogens with one attached hydrogen (secondary N) is 1. The Hall–Kier alpha value is -6.38. The molecule has 0 unspecified atom stereocenters. The van der Waals surface area contributed by atoms with E-state index in [1.165, 1.54) is 49.7 Å². The van der Waals surface area contributed by atoms with Crippen LogP contribution >= 0.6 is 0 Å². The third kappa shape index (κ3) is 5.64. The van der Waals surface area contributed by atoms with E-state index in [0.717, 1.165) is 33.7 Å². The van der Waals surface area contributed by atoms with Crippen LogP contribution in [0.2, 0.25) is 0 Å². The SMILES string of the molecule is C=Cc1cccc(-c2ccc(-n3c4ccccc4c4cc(-c5ccccc5)c(Nc5ccc(-c6ccccc6)cc5)cc43)cc2)c1/C=C\C. The third-order valence-corrected chi connectivity index (χ3v) is 9.30. The monoisotopic (exact) mass is 628 g/mol. The van der Waals surface area contributed by atoms with Crippen LogP contribution in [0.15, 0.2) is 176 Å². The lowest BCUT2D eigenvalue weighted by Crippen LogP contribution is -1.97. The Morgan fingerprint density at radius 1 is 0.531 bits per heavy atom. The van der Waals surface area contributed by atoms with Crippen LogP contribution in [0.3, 0.4) is 0 Å². The summed E-state index contributed by atoms with van der Waals surface area (Å²) >= 11 is 0. The maximum absolute atomic E-state index is 4.05. The molecule has 1 aromatic heterocycles. The summed E-state index contributed by atoms with van der Waals surface area (Å²) in [6, 6.07) is 58.6. The van der Waals surface area contributed by atoms with Gasteiger partial charge in [0, 0.05) is 33.4 Å². The minimum Gasteiger partial charge on any atom is -0.355 e. The summed E-state index contributed by atoms with van der Waals surface area (Å²) < 4.78 is 2.39. The Kier molecular flexibility index (Phi) is 7.97. The fraction of sp³-hybridized carbons (Fsp3) is 0.0213. The average Bonchev–Trinajstić information content (AvgIpc) is 3.49. The number of nitrogens with zero attached hydrogens (tertiary/aromatic N) is 1. The molecule has 0 atom stereocenters. The molecule has 0 saturated carbocycles. The largest absolute Gasteiger partial charge is 0.355 e. The topological polar surface area (TPSA) is 17.0 Å². The maximum atomic E-state index is 4.05. The molecule has 49 heavy (non-hydrogen) atoms. The number of hydrogen-bond donors (Lipinski definition) is 1. The molecule has 8 rings (SSSR count). The summed E-state index contributed by atoms with van der Waals surface area (Å²) in [5.41, 5.74) is 15.0. The molecule has 0 aliphatic heterocycles. The van der Waals surface area contributed by atoms with Crippen molar-refractivity contribution in [3.8, 4) is 39.1 Å². The van der Waals surface area contributed by atoms with E-state index >= 15 is 0 Å². The number of para-hydroxylation sites is 1. The summed E-state index contributed by atoms with van der Waals surface area (Å²) in [4.78, 5) is 0. The lowest BCUT2D eigenvalue weighted by atomic mass is 9.95. The highest BCUT2D eigenvalue weighted by Crippen LogP contribution is 2.40. The van der Waals surface area contributed by atoms with E-state index in [4.69, 9.17) is 0 Å². The summed E-state index contributed by atoms with van der Waals surface area (Å²) in [7, 11) is 0. The van der Waals surface area contributed by atoms with Crippen molar-refractivity contribution in [1.29, 1.82) is 0 Å².